The zero-order valence-electron chi connectivity index (χ0n) is 33.1. The van der Waals surface area contributed by atoms with Crippen LogP contribution in [0.4, 0.5) is 4.79 Å². The molecule has 5 N–H and O–H groups in total. The molecule has 15 heteroatoms. The molecule has 15 nitrogen and oxygen atoms in total. The Hall–Kier alpha value is -4.15. The van der Waals surface area contributed by atoms with Crippen molar-refractivity contribution in [1.29, 1.82) is 0 Å². The fraction of sp³-hybridized carbons (Fsp3) is 0.625. The van der Waals surface area contributed by atoms with Crippen LogP contribution in [0, 0.1) is 16.7 Å². The number of esters is 2. The minimum atomic E-state index is -2.46. The lowest BCUT2D eigenvalue weighted by Gasteiger charge is -2.63. The monoisotopic (exact) mass is 770 g/mol. The molecule has 0 unspecified atom stereocenters. The summed E-state index contributed by atoms with van der Waals surface area (Å²) in [6, 6.07) is 6.84. The van der Waals surface area contributed by atoms with Crippen molar-refractivity contribution in [3.8, 4) is 0 Å². The van der Waals surface area contributed by atoms with Gasteiger partial charge in [-0.15, -0.1) is 0 Å². The third kappa shape index (κ3) is 7.32. The van der Waals surface area contributed by atoms with E-state index >= 15 is 4.79 Å². The number of carbonyl (C=O) groups is 5. The summed E-state index contributed by atoms with van der Waals surface area (Å²) in [5, 5.41) is 40.9. The molecule has 2 bridgehead atoms. The summed E-state index contributed by atoms with van der Waals surface area (Å²) in [5.41, 5.74) is -4.28. The van der Waals surface area contributed by atoms with Crippen LogP contribution < -0.4 is 10.6 Å². The number of benzene rings is 1. The van der Waals surface area contributed by atoms with Crippen molar-refractivity contribution in [2.75, 3.05) is 13.2 Å². The Kier molecular flexibility index (Phi) is 11.3. The molecule has 3 heterocycles. The van der Waals surface area contributed by atoms with Crippen molar-refractivity contribution in [1.82, 2.24) is 10.6 Å². The number of aliphatic hydroxyl groups is 3. The number of hydrogen-bond acceptors (Lipinski definition) is 13. The van der Waals surface area contributed by atoms with Gasteiger partial charge in [-0.3, -0.25) is 14.4 Å². The number of hydrogen-bond donors (Lipinski definition) is 5. The first-order valence-electron chi connectivity index (χ1n) is 18.4. The van der Waals surface area contributed by atoms with Crippen LogP contribution in [-0.4, -0.2) is 112 Å². The maximum Gasteiger partial charge on any atom is 0.408 e. The third-order valence-electron chi connectivity index (χ3n) is 11.3. The number of fused-ring (bicyclic) bond motifs is 5. The lowest BCUT2D eigenvalue weighted by molar-refractivity contribution is -0.356. The van der Waals surface area contributed by atoms with E-state index in [0.29, 0.717) is 11.1 Å². The number of allylic oxidation sites excluding steroid dienone is 1. The normalized spacial score (nSPS) is 33.9. The molecule has 1 aromatic rings. The molecule has 0 spiro atoms. The summed E-state index contributed by atoms with van der Waals surface area (Å²) >= 11 is 0. The molecule has 5 rings (SSSR count). The van der Waals surface area contributed by atoms with Gasteiger partial charge >= 0.3 is 18.0 Å². The first-order valence-corrected chi connectivity index (χ1v) is 18.4. The van der Waals surface area contributed by atoms with E-state index < -0.39 is 100 Å². The van der Waals surface area contributed by atoms with Crippen molar-refractivity contribution in [3.05, 3.63) is 58.7 Å². The number of amides is 2. The smallest absolute Gasteiger partial charge is 0.408 e. The second-order valence-electron chi connectivity index (χ2n) is 17.0. The molecule has 302 valence electrons. The Balaban J connectivity index is 1.55. The van der Waals surface area contributed by atoms with E-state index in [0.717, 1.165) is 0 Å². The van der Waals surface area contributed by atoms with Crippen LogP contribution in [0.25, 0.3) is 0 Å². The van der Waals surface area contributed by atoms with Gasteiger partial charge in [0.05, 0.1) is 35.6 Å². The molecular weight excluding hydrogens is 716 g/mol. The highest BCUT2D eigenvalue weighted by molar-refractivity contribution is 5.95. The van der Waals surface area contributed by atoms with Gasteiger partial charge in [-0.2, -0.15) is 0 Å². The predicted molar refractivity (Wildman–Crippen MR) is 195 cm³/mol. The van der Waals surface area contributed by atoms with E-state index in [1.54, 1.807) is 73.6 Å². The van der Waals surface area contributed by atoms with Gasteiger partial charge in [-0.25, -0.2) is 9.59 Å². The van der Waals surface area contributed by atoms with Gasteiger partial charge in [0, 0.05) is 25.3 Å². The minimum Gasteiger partial charge on any atom is -0.453 e. The Morgan fingerprint density at radius 3 is 2.24 bits per heavy atom. The SMILES string of the molecule is CC(=O)O[C@@]12CO[C@@H]1C[C@H](O)[C@@]1(C)C(=O)[C@@H]3O[C@](O)([C@@H](OC(=O)c4ccccc4)[C@H]21)C(C)(C)/C3=C(\C)CNC(=O)[C@H](O)[C@H](C=C(C)C)NC(=O)OC(C)(C)C. The summed E-state index contributed by atoms with van der Waals surface area (Å²) in [7, 11) is 0. The van der Waals surface area contributed by atoms with Gasteiger partial charge in [0.25, 0.3) is 5.91 Å². The number of alkyl carbamates (subject to hydrolysis) is 1. The molecular formula is C40H54N2O13. The lowest BCUT2D eigenvalue weighted by Crippen LogP contribution is -2.79. The average Bonchev–Trinajstić information content (AvgIpc) is 3.26. The molecule has 55 heavy (non-hydrogen) atoms. The topological polar surface area (TPSA) is 216 Å². The molecule has 4 fully saturated rings. The van der Waals surface area contributed by atoms with Crippen molar-refractivity contribution < 1.29 is 63.0 Å². The molecule has 1 saturated carbocycles. The van der Waals surface area contributed by atoms with E-state index in [-0.39, 0.29) is 30.7 Å². The van der Waals surface area contributed by atoms with Gasteiger partial charge in [0.2, 0.25) is 5.79 Å². The largest absolute Gasteiger partial charge is 0.453 e. The van der Waals surface area contributed by atoms with E-state index in [1.807, 2.05) is 0 Å². The van der Waals surface area contributed by atoms with E-state index in [2.05, 4.69) is 10.6 Å². The molecule has 0 aromatic heterocycles. The number of nitrogens with one attached hydrogen (secondary N) is 2. The summed E-state index contributed by atoms with van der Waals surface area (Å²) in [4.78, 5) is 67.5. The van der Waals surface area contributed by atoms with Crippen LogP contribution in [0.2, 0.25) is 0 Å². The fourth-order valence-electron chi connectivity index (χ4n) is 8.68. The van der Waals surface area contributed by atoms with Crippen molar-refractivity contribution in [3.63, 3.8) is 0 Å². The first kappa shape index (κ1) is 42.0. The van der Waals surface area contributed by atoms with E-state index in [4.69, 9.17) is 23.7 Å². The van der Waals surface area contributed by atoms with E-state index in [1.165, 1.54) is 32.1 Å². The molecule has 3 saturated heterocycles. The Labute approximate surface area is 320 Å². The zero-order chi connectivity index (χ0) is 41.1. The molecule has 0 radical (unpaired) electrons. The van der Waals surface area contributed by atoms with Gasteiger partial charge in [0.15, 0.2) is 23.6 Å². The summed E-state index contributed by atoms with van der Waals surface area (Å²) in [6.45, 7) is 15.6. The third-order valence-corrected chi connectivity index (χ3v) is 11.3. The zero-order valence-corrected chi connectivity index (χ0v) is 33.1. The molecule has 1 aliphatic carbocycles. The summed E-state index contributed by atoms with van der Waals surface area (Å²) in [5.74, 6) is -6.86. The summed E-state index contributed by atoms with van der Waals surface area (Å²) in [6.07, 6.45) is -6.69. The standard InChI is InChI=1S/C40H54N2O13/c1-20(2)16-24(42-35(49)55-36(5,6)7)28(45)33(47)41-18-21(3)27-29-31(46)38(10)25(44)17-26-39(19-51-26,53-22(4)43)30(38)32(40(50,54-29)37(27,8)9)52-34(48)23-14-12-11-13-15-23/h11-16,24-26,28-30,32,44-45,50H,17-19H2,1-10H3,(H,41,47)(H,42,49)/b27-21+/t24-,25-,26+,28+,29+,30-,32-,38+,39-,40+/m0/s1. The fourth-order valence-corrected chi connectivity index (χ4v) is 8.68. The minimum absolute atomic E-state index is 0.101. The van der Waals surface area contributed by atoms with Gasteiger partial charge in [-0.1, -0.05) is 49.3 Å². The number of carbonyl (C=O) groups excluding carboxylic acids is 5. The summed E-state index contributed by atoms with van der Waals surface area (Å²) < 4.78 is 29.6. The quantitative estimate of drug-likeness (QED) is 0.139. The molecule has 4 aliphatic rings. The highest BCUT2D eigenvalue weighted by atomic mass is 16.7. The number of aliphatic hydroxyl groups excluding tert-OH is 2. The van der Waals surface area contributed by atoms with Crippen LogP contribution in [0.1, 0.15) is 86.0 Å². The number of Topliss-reactive ketones (excluding diaryl/α,β-unsaturated/α-hetero) is 1. The van der Waals surface area contributed by atoms with Gasteiger partial charge in [0.1, 0.15) is 17.8 Å². The van der Waals surface area contributed by atoms with Crippen LogP contribution in [-0.2, 0) is 38.1 Å². The molecule has 10 atom stereocenters. The van der Waals surface area contributed by atoms with E-state index in [9.17, 15) is 34.5 Å². The van der Waals surface area contributed by atoms with Crippen LogP contribution in [0.15, 0.2) is 53.1 Å². The number of rotatable bonds is 9. The molecule has 1 aromatic carbocycles. The Bertz CT molecular complexity index is 1780. The first-order chi connectivity index (χ1) is 25.4. The van der Waals surface area contributed by atoms with Crippen LogP contribution in [0.5, 0.6) is 0 Å². The second-order valence-corrected chi connectivity index (χ2v) is 17.0. The van der Waals surface area contributed by atoms with Crippen LogP contribution >= 0.6 is 0 Å². The maximum atomic E-state index is 15.0. The Morgan fingerprint density at radius 2 is 1.69 bits per heavy atom. The highest BCUT2D eigenvalue weighted by Crippen LogP contribution is 2.65. The number of ether oxygens (including phenoxy) is 5. The molecule has 3 aliphatic heterocycles. The van der Waals surface area contributed by atoms with Crippen LogP contribution in [0.3, 0.4) is 0 Å². The van der Waals surface area contributed by atoms with Crippen molar-refractivity contribution in [2.45, 2.75) is 129 Å². The van der Waals surface area contributed by atoms with Crippen molar-refractivity contribution in [2.24, 2.45) is 16.7 Å². The van der Waals surface area contributed by atoms with Gasteiger partial charge in [-0.05, 0) is 66.2 Å². The molecule has 2 amide bonds. The average molecular weight is 771 g/mol. The Morgan fingerprint density at radius 1 is 1.05 bits per heavy atom. The predicted octanol–water partition coefficient (Wildman–Crippen LogP) is 2.65. The van der Waals surface area contributed by atoms with Crippen molar-refractivity contribution >= 4 is 29.7 Å². The van der Waals surface area contributed by atoms with Gasteiger partial charge < -0.3 is 49.6 Å². The maximum absolute atomic E-state index is 15.0. The second kappa shape index (κ2) is 14.7. The lowest BCUT2D eigenvalue weighted by atomic mass is 9.49. The number of ketones is 1. The highest BCUT2D eigenvalue weighted by Gasteiger charge is 2.80.